The molecule has 0 aliphatic carbocycles. The second kappa shape index (κ2) is 6.14. The molecule has 1 rings (SSSR count). The summed E-state index contributed by atoms with van der Waals surface area (Å²) in [4.78, 5) is 22.6. The summed E-state index contributed by atoms with van der Waals surface area (Å²) in [6.45, 7) is 3.88. The van der Waals surface area contributed by atoms with E-state index < -0.39 is 17.5 Å². The lowest BCUT2D eigenvalue weighted by Crippen LogP contribution is -2.55. The summed E-state index contributed by atoms with van der Waals surface area (Å²) < 4.78 is 0. The van der Waals surface area contributed by atoms with Crippen LogP contribution in [0.1, 0.15) is 26.7 Å². The number of carboxylic acids is 1. The molecule has 98 valence electrons. The largest absolute Gasteiger partial charge is 0.480 e. The molecule has 0 aromatic heterocycles. The second-order valence-corrected chi connectivity index (χ2v) is 5.71. The average molecular weight is 260 g/mol. The number of hydrogen-bond acceptors (Lipinski definition) is 3. The van der Waals surface area contributed by atoms with E-state index in [1.165, 1.54) is 6.92 Å². The van der Waals surface area contributed by atoms with Crippen LogP contribution < -0.4 is 10.6 Å². The number of carbonyl (C=O) groups is 2. The molecule has 0 radical (unpaired) electrons. The van der Waals surface area contributed by atoms with Gasteiger partial charge in [0.05, 0.1) is 0 Å². The monoisotopic (exact) mass is 260 g/mol. The highest BCUT2D eigenvalue weighted by Crippen LogP contribution is 2.22. The summed E-state index contributed by atoms with van der Waals surface area (Å²) in [5, 5.41) is 14.3. The van der Waals surface area contributed by atoms with E-state index in [2.05, 4.69) is 10.6 Å². The Balaban J connectivity index is 2.34. The van der Waals surface area contributed by atoms with E-state index in [0.29, 0.717) is 18.9 Å². The zero-order valence-corrected chi connectivity index (χ0v) is 11.1. The number of rotatable bonds is 5. The molecule has 0 bridgehead atoms. The predicted molar refractivity (Wildman–Crippen MR) is 68.3 cm³/mol. The number of nitrogens with one attached hydrogen (secondary N) is 2. The van der Waals surface area contributed by atoms with E-state index in [1.807, 2.05) is 11.8 Å². The van der Waals surface area contributed by atoms with Crippen LogP contribution in [0.5, 0.6) is 0 Å². The van der Waals surface area contributed by atoms with Crippen molar-refractivity contribution in [1.29, 1.82) is 0 Å². The van der Waals surface area contributed by atoms with Gasteiger partial charge in [-0.2, -0.15) is 11.8 Å². The number of carboxylic acid groups (broad SMARTS) is 1. The van der Waals surface area contributed by atoms with E-state index in [4.69, 9.17) is 5.11 Å². The van der Waals surface area contributed by atoms with E-state index in [0.717, 1.165) is 17.9 Å². The Morgan fingerprint density at radius 1 is 1.53 bits per heavy atom. The Labute approximate surface area is 106 Å². The van der Waals surface area contributed by atoms with Crippen LogP contribution in [0.3, 0.4) is 0 Å². The maximum Gasteiger partial charge on any atom is 0.329 e. The van der Waals surface area contributed by atoms with Crippen LogP contribution >= 0.6 is 11.8 Å². The van der Waals surface area contributed by atoms with Gasteiger partial charge in [-0.3, -0.25) is 0 Å². The van der Waals surface area contributed by atoms with Gasteiger partial charge in [-0.25, -0.2) is 9.59 Å². The molecule has 1 aliphatic rings. The van der Waals surface area contributed by atoms with Crippen LogP contribution in [-0.2, 0) is 4.79 Å². The number of amides is 2. The Bertz CT molecular complexity index is 292. The van der Waals surface area contributed by atoms with Crippen molar-refractivity contribution in [3.63, 3.8) is 0 Å². The first kappa shape index (κ1) is 14.2. The number of thioether (sulfide) groups is 1. The van der Waals surface area contributed by atoms with Gasteiger partial charge in [0.15, 0.2) is 0 Å². The smallest absolute Gasteiger partial charge is 0.329 e. The minimum atomic E-state index is -1.19. The van der Waals surface area contributed by atoms with Gasteiger partial charge in [0, 0.05) is 6.54 Å². The van der Waals surface area contributed by atoms with Crippen molar-refractivity contribution in [2.45, 2.75) is 32.2 Å². The summed E-state index contributed by atoms with van der Waals surface area (Å²) in [6, 6.07) is -0.395. The quantitative estimate of drug-likeness (QED) is 0.696. The van der Waals surface area contributed by atoms with Gasteiger partial charge >= 0.3 is 12.0 Å². The third-order valence-corrected chi connectivity index (χ3v) is 4.38. The topological polar surface area (TPSA) is 78.4 Å². The van der Waals surface area contributed by atoms with Crippen LogP contribution in [0.25, 0.3) is 0 Å². The number of hydrogen-bond donors (Lipinski definition) is 3. The van der Waals surface area contributed by atoms with E-state index in [-0.39, 0.29) is 0 Å². The van der Waals surface area contributed by atoms with Crippen molar-refractivity contribution < 1.29 is 14.7 Å². The highest BCUT2D eigenvalue weighted by Gasteiger charge is 2.32. The molecule has 2 amide bonds. The van der Waals surface area contributed by atoms with Crippen molar-refractivity contribution in [3.05, 3.63) is 0 Å². The fraction of sp³-hybridized carbons (Fsp3) is 0.818. The number of carbonyl (C=O) groups excluding carboxylic acids is 1. The van der Waals surface area contributed by atoms with Crippen LogP contribution in [0, 0.1) is 5.92 Å². The summed E-state index contributed by atoms with van der Waals surface area (Å²) in [7, 11) is 0. The van der Waals surface area contributed by atoms with Gasteiger partial charge in [0.25, 0.3) is 0 Å². The molecule has 2 atom stereocenters. The normalized spacial score (nSPS) is 22.8. The second-order valence-electron chi connectivity index (χ2n) is 4.56. The molecule has 1 fully saturated rings. The lowest BCUT2D eigenvalue weighted by molar-refractivity contribution is -0.143. The van der Waals surface area contributed by atoms with Gasteiger partial charge in [-0.05, 0) is 37.2 Å². The Morgan fingerprint density at radius 3 is 2.71 bits per heavy atom. The Morgan fingerprint density at radius 2 is 2.24 bits per heavy atom. The molecule has 17 heavy (non-hydrogen) atoms. The zero-order chi connectivity index (χ0) is 12.9. The molecule has 2 unspecified atom stereocenters. The first-order valence-corrected chi connectivity index (χ1v) is 7.00. The highest BCUT2D eigenvalue weighted by molar-refractivity contribution is 7.99. The van der Waals surface area contributed by atoms with Gasteiger partial charge in [-0.1, -0.05) is 6.92 Å². The summed E-state index contributed by atoms with van der Waals surface area (Å²) in [5.41, 5.74) is -1.19. The average Bonchev–Trinajstić information content (AvgIpc) is 2.78. The molecule has 6 heteroatoms. The van der Waals surface area contributed by atoms with Crippen molar-refractivity contribution in [1.82, 2.24) is 10.6 Å². The van der Waals surface area contributed by atoms with Crippen molar-refractivity contribution in [3.8, 4) is 0 Å². The fourth-order valence-electron chi connectivity index (χ4n) is 1.57. The van der Waals surface area contributed by atoms with Gasteiger partial charge in [0.2, 0.25) is 0 Å². The van der Waals surface area contributed by atoms with Crippen LogP contribution in [0.15, 0.2) is 0 Å². The minimum absolute atomic E-state index is 0.356. The van der Waals surface area contributed by atoms with Crippen LogP contribution in [-0.4, -0.2) is 40.7 Å². The maximum atomic E-state index is 11.6. The number of aliphatic carboxylic acids is 1. The Kier molecular flexibility index (Phi) is 5.11. The summed E-state index contributed by atoms with van der Waals surface area (Å²) >= 11 is 1.89. The summed E-state index contributed by atoms with van der Waals surface area (Å²) in [5.74, 6) is 1.73. The molecule has 1 aliphatic heterocycles. The molecule has 0 saturated carbocycles. The van der Waals surface area contributed by atoms with Gasteiger partial charge < -0.3 is 15.7 Å². The molecule has 5 nitrogen and oxygen atoms in total. The molecule has 0 aromatic rings. The Hall–Kier alpha value is -0.910. The first-order chi connectivity index (χ1) is 7.98. The van der Waals surface area contributed by atoms with Crippen molar-refractivity contribution in [2.75, 3.05) is 18.1 Å². The van der Waals surface area contributed by atoms with Gasteiger partial charge in [-0.15, -0.1) is 0 Å². The predicted octanol–water partition coefficient (Wildman–Crippen LogP) is 1.29. The molecule has 0 aromatic carbocycles. The SMILES string of the molecule is CCC(C)(NC(=O)NCC1CCSC1)C(=O)O. The third kappa shape index (κ3) is 4.11. The zero-order valence-electron chi connectivity index (χ0n) is 10.3. The molecular formula is C11H20N2O3S. The van der Waals surface area contributed by atoms with E-state index >= 15 is 0 Å². The van der Waals surface area contributed by atoms with Gasteiger partial charge in [0.1, 0.15) is 5.54 Å². The van der Waals surface area contributed by atoms with Crippen molar-refractivity contribution in [2.24, 2.45) is 5.92 Å². The molecule has 1 saturated heterocycles. The van der Waals surface area contributed by atoms with Crippen LogP contribution in [0.2, 0.25) is 0 Å². The van der Waals surface area contributed by atoms with E-state index in [1.54, 1.807) is 6.92 Å². The molecular weight excluding hydrogens is 240 g/mol. The molecule has 1 heterocycles. The minimum Gasteiger partial charge on any atom is -0.480 e. The maximum absolute atomic E-state index is 11.6. The standard InChI is InChI=1S/C11H20N2O3S/c1-3-11(2,9(14)15)13-10(16)12-6-8-4-5-17-7-8/h8H,3-7H2,1-2H3,(H,14,15)(H2,12,13,16). The van der Waals surface area contributed by atoms with Crippen LogP contribution in [0.4, 0.5) is 4.79 Å². The lowest BCUT2D eigenvalue weighted by Gasteiger charge is -2.25. The summed E-state index contributed by atoms with van der Waals surface area (Å²) in [6.07, 6.45) is 1.48. The lowest BCUT2D eigenvalue weighted by atomic mass is 10.00. The fourth-order valence-corrected chi connectivity index (χ4v) is 2.85. The van der Waals surface area contributed by atoms with Crippen molar-refractivity contribution >= 4 is 23.8 Å². The first-order valence-electron chi connectivity index (χ1n) is 5.85. The third-order valence-electron chi connectivity index (χ3n) is 3.14. The highest BCUT2D eigenvalue weighted by atomic mass is 32.2. The van der Waals surface area contributed by atoms with E-state index in [9.17, 15) is 9.59 Å². The number of urea groups is 1. The molecule has 3 N–H and O–H groups in total. The molecule has 0 spiro atoms.